The Balaban J connectivity index is 2.72. The van der Waals surface area contributed by atoms with Crippen LogP contribution in [0.2, 0.25) is 0 Å². The average Bonchev–Trinajstić information content (AvgIpc) is 2.28. The first-order valence-corrected chi connectivity index (χ1v) is 7.00. The van der Waals surface area contributed by atoms with Crippen LogP contribution in [0.25, 0.3) is 0 Å². The fourth-order valence-corrected chi connectivity index (χ4v) is 2.78. The summed E-state index contributed by atoms with van der Waals surface area (Å²) in [6.07, 6.45) is 1.94. The summed E-state index contributed by atoms with van der Waals surface area (Å²) in [5.41, 5.74) is 5.29. The lowest BCUT2D eigenvalue weighted by Gasteiger charge is -2.04. The Bertz CT molecular complexity index is 474. The van der Waals surface area contributed by atoms with Gasteiger partial charge in [-0.3, -0.25) is 0 Å². The highest BCUT2D eigenvalue weighted by Crippen LogP contribution is 2.16. The molecule has 0 heterocycles. The number of halogens is 2. The minimum atomic E-state index is -3.53. The molecule has 3 nitrogen and oxygen atoms in total. The fraction of sp³-hybridized carbons (Fsp3) is 0.455. The first-order valence-electron chi connectivity index (χ1n) is 5.35. The molecule has 6 heteroatoms. The summed E-state index contributed by atoms with van der Waals surface area (Å²) < 4.78 is 49.0. The molecule has 2 N–H and O–H groups in total. The van der Waals surface area contributed by atoms with E-state index in [1.165, 1.54) is 0 Å². The molecule has 0 fully saturated rings. The second-order valence-electron chi connectivity index (χ2n) is 3.74. The Labute approximate surface area is 99.6 Å². The van der Waals surface area contributed by atoms with Crippen molar-refractivity contribution >= 4 is 9.84 Å². The molecule has 0 bridgehead atoms. The van der Waals surface area contributed by atoms with E-state index in [9.17, 15) is 17.2 Å². The third-order valence-corrected chi connectivity index (χ3v) is 4.17. The van der Waals surface area contributed by atoms with Gasteiger partial charge in [0, 0.05) is 0 Å². The van der Waals surface area contributed by atoms with Crippen LogP contribution in [0, 0.1) is 11.6 Å². The van der Waals surface area contributed by atoms with Gasteiger partial charge in [-0.2, -0.15) is 0 Å². The molecule has 0 amide bonds. The van der Waals surface area contributed by atoms with Gasteiger partial charge >= 0.3 is 0 Å². The Morgan fingerprint density at radius 3 is 2.35 bits per heavy atom. The summed E-state index contributed by atoms with van der Waals surface area (Å²) in [6.45, 7) is 0.519. The van der Waals surface area contributed by atoms with Crippen molar-refractivity contribution in [2.24, 2.45) is 5.73 Å². The van der Waals surface area contributed by atoms with E-state index in [0.717, 1.165) is 18.6 Å². The summed E-state index contributed by atoms with van der Waals surface area (Å²) in [5, 5.41) is 0. The largest absolute Gasteiger partial charge is 0.330 e. The number of hydrogen-bond donors (Lipinski definition) is 1. The summed E-state index contributed by atoms with van der Waals surface area (Å²) in [7, 11) is -3.53. The summed E-state index contributed by atoms with van der Waals surface area (Å²) >= 11 is 0. The predicted octanol–water partition coefficient (Wildman–Crippen LogP) is 1.87. The van der Waals surface area contributed by atoms with Crippen LogP contribution in [-0.2, 0) is 9.84 Å². The molecule has 1 aromatic rings. The van der Waals surface area contributed by atoms with Gasteiger partial charge in [-0.05, 0) is 37.6 Å². The highest BCUT2D eigenvalue weighted by Gasteiger charge is 2.16. The van der Waals surface area contributed by atoms with Gasteiger partial charge in [0.2, 0.25) is 0 Å². The zero-order valence-corrected chi connectivity index (χ0v) is 10.1. The van der Waals surface area contributed by atoms with Gasteiger partial charge in [-0.15, -0.1) is 0 Å². The van der Waals surface area contributed by atoms with Crippen molar-refractivity contribution in [3.63, 3.8) is 0 Å². The first-order chi connectivity index (χ1) is 7.97. The quantitative estimate of drug-likeness (QED) is 0.629. The SMILES string of the molecule is NCCCCCS(=O)(=O)c1ccc(F)c(F)c1. The third kappa shape index (κ3) is 4.05. The van der Waals surface area contributed by atoms with Crippen LogP contribution < -0.4 is 5.73 Å². The number of sulfone groups is 1. The second kappa shape index (κ2) is 6.07. The van der Waals surface area contributed by atoms with E-state index in [-0.39, 0.29) is 10.6 Å². The zero-order valence-electron chi connectivity index (χ0n) is 9.33. The van der Waals surface area contributed by atoms with Crippen molar-refractivity contribution in [2.45, 2.75) is 24.2 Å². The molecule has 17 heavy (non-hydrogen) atoms. The maximum atomic E-state index is 12.9. The van der Waals surface area contributed by atoms with E-state index >= 15 is 0 Å². The van der Waals surface area contributed by atoms with E-state index in [4.69, 9.17) is 5.73 Å². The van der Waals surface area contributed by atoms with Gasteiger partial charge < -0.3 is 5.73 Å². The van der Waals surface area contributed by atoms with Crippen LogP contribution >= 0.6 is 0 Å². The molecule has 0 unspecified atom stereocenters. The average molecular weight is 263 g/mol. The van der Waals surface area contributed by atoms with Crippen molar-refractivity contribution in [2.75, 3.05) is 12.3 Å². The van der Waals surface area contributed by atoms with Crippen LogP contribution in [0.1, 0.15) is 19.3 Å². The molecule has 0 aromatic heterocycles. The highest BCUT2D eigenvalue weighted by atomic mass is 32.2. The third-order valence-electron chi connectivity index (χ3n) is 2.37. The van der Waals surface area contributed by atoms with E-state index in [0.29, 0.717) is 25.5 Å². The summed E-state index contributed by atoms with van der Waals surface area (Å²) in [5.74, 6) is -2.27. The van der Waals surface area contributed by atoms with Crippen molar-refractivity contribution in [1.29, 1.82) is 0 Å². The van der Waals surface area contributed by atoms with Crippen molar-refractivity contribution in [1.82, 2.24) is 0 Å². The van der Waals surface area contributed by atoms with Crippen molar-refractivity contribution in [3.8, 4) is 0 Å². The van der Waals surface area contributed by atoms with Crippen molar-refractivity contribution in [3.05, 3.63) is 29.8 Å². The molecule has 0 saturated carbocycles. The van der Waals surface area contributed by atoms with Crippen LogP contribution in [0.3, 0.4) is 0 Å². The van der Waals surface area contributed by atoms with E-state index < -0.39 is 21.5 Å². The Hall–Kier alpha value is -1.01. The minimum Gasteiger partial charge on any atom is -0.330 e. The molecule has 0 radical (unpaired) electrons. The highest BCUT2D eigenvalue weighted by molar-refractivity contribution is 7.91. The molecule has 0 aliphatic carbocycles. The lowest BCUT2D eigenvalue weighted by Crippen LogP contribution is -2.08. The molecule has 96 valence electrons. The maximum absolute atomic E-state index is 12.9. The summed E-state index contributed by atoms with van der Waals surface area (Å²) in [4.78, 5) is -0.177. The molecular weight excluding hydrogens is 248 g/mol. The first kappa shape index (κ1) is 14.1. The van der Waals surface area contributed by atoms with Crippen LogP contribution in [0.15, 0.2) is 23.1 Å². The van der Waals surface area contributed by atoms with Gasteiger partial charge in [0.05, 0.1) is 10.6 Å². The van der Waals surface area contributed by atoms with Gasteiger partial charge in [0.1, 0.15) is 0 Å². The van der Waals surface area contributed by atoms with Gasteiger partial charge in [-0.25, -0.2) is 17.2 Å². The predicted molar refractivity (Wildman–Crippen MR) is 61.3 cm³/mol. The number of unbranched alkanes of at least 4 members (excludes halogenated alkanes) is 2. The molecule has 0 spiro atoms. The van der Waals surface area contributed by atoms with Crippen molar-refractivity contribution < 1.29 is 17.2 Å². The van der Waals surface area contributed by atoms with Gasteiger partial charge in [0.15, 0.2) is 21.5 Å². The molecule has 0 saturated heterocycles. The number of hydrogen-bond acceptors (Lipinski definition) is 3. The lowest BCUT2D eigenvalue weighted by molar-refractivity contribution is 0.504. The zero-order chi connectivity index (χ0) is 12.9. The fourth-order valence-electron chi connectivity index (χ4n) is 1.40. The molecule has 0 aliphatic heterocycles. The normalized spacial score (nSPS) is 11.7. The van der Waals surface area contributed by atoms with Gasteiger partial charge in [-0.1, -0.05) is 6.42 Å². The molecule has 0 aliphatic rings. The molecule has 1 aromatic carbocycles. The smallest absolute Gasteiger partial charge is 0.178 e. The molecule has 0 atom stereocenters. The summed E-state index contributed by atoms with van der Waals surface area (Å²) in [6, 6.07) is 2.62. The number of nitrogens with two attached hydrogens (primary N) is 1. The lowest BCUT2D eigenvalue weighted by atomic mass is 10.2. The maximum Gasteiger partial charge on any atom is 0.178 e. The topological polar surface area (TPSA) is 60.2 Å². The Morgan fingerprint density at radius 2 is 1.76 bits per heavy atom. The second-order valence-corrected chi connectivity index (χ2v) is 5.85. The molecule has 1 rings (SSSR count). The van der Waals surface area contributed by atoms with E-state index in [2.05, 4.69) is 0 Å². The minimum absolute atomic E-state index is 0.0714. The van der Waals surface area contributed by atoms with Gasteiger partial charge in [0.25, 0.3) is 0 Å². The Morgan fingerprint density at radius 1 is 1.06 bits per heavy atom. The standard InChI is InChI=1S/C11H15F2NO2S/c12-10-5-4-9(8-11(10)13)17(15,16)7-3-1-2-6-14/h4-5,8H,1-3,6-7,14H2. The van der Waals surface area contributed by atoms with E-state index in [1.807, 2.05) is 0 Å². The monoisotopic (exact) mass is 263 g/mol. The molecular formula is C11H15F2NO2S. The number of rotatable bonds is 6. The van der Waals surface area contributed by atoms with Crippen LogP contribution in [0.4, 0.5) is 8.78 Å². The number of benzene rings is 1. The van der Waals surface area contributed by atoms with Crippen LogP contribution in [0.5, 0.6) is 0 Å². The van der Waals surface area contributed by atoms with E-state index in [1.54, 1.807) is 0 Å². The Kier molecular flexibility index (Phi) is 5.02. The van der Waals surface area contributed by atoms with Crippen LogP contribution in [-0.4, -0.2) is 20.7 Å².